The van der Waals surface area contributed by atoms with Gasteiger partial charge in [-0.1, -0.05) is 39.0 Å². The normalized spacial score (nSPS) is 12.8. The predicted molar refractivity (Wildman–Crippen MR) is 90.1 cm³/mol. The first-order valence-corrected chi connectivity index (χ1v) is 7.52. The number of benzene rings is 2. The molecule has 21 heavy (non-hydrogen) atoms. The van der Waals surface area contributed by atoms with Crippen molar-refractivity contribution < 1.29 is 4.74 Å². The van der Waals surface area contributed by atoms with E-state index in [1.54, 1.807) is 0 Å². The molecule has 0 spiro atoms. The Morgan fingerprint density at radius 3 is 2.05 bits per heavy atom. The van der Waals surface area contributed by atoms with E-state index in [1.807, 2.05) is 42.5 Å². The van der Waals surface area contributed by atoms with Crippen molar-refractivity contribution in [2.24, 2.45) is 5.41 Å². The summed E-state index contributed by atoms with van der Waals surface area (Å²) in [6.07, 6.45) is 1.13. The zero-order valence-corrected chi connectivity index (χ0v) is 13.4. The number of nitrogens with one attached hydrogen (secondary N) is 1. The van der Waals surface area contributed by atoms with Crippen LogP contribution >= 0.6 is 0 Å². The molecule has 0 radical (unpaired) electrons. The minimum atomic E-state index is 0.336. The van der Waals surface area contributed by atoms with Gasteiger partial charge in [-0.3, -0.25) is 0 Å². The Labute approximate surface area is 128 Å². The standard InChI is InChI=1S/C19H25NO/c1-15(14-19(2,3)4)20-16-10-12-18(13-11-16)21-17-8-6-5-7-9-17/h5-13,15,20H,14H2,1-4H3. The molecule has 0 bridgehead atoms. The lowest BCUT2D eigenvalue weighted by Crippen LogP contribution is -2.22. The van der Waals surface area contributed by atoms with E-state index in [0.29, 0.717) is 11.5 Å². The molecule has 0 amide bonds. The highest BCUT2D eigenvalue weighted by Crippen LogP contribution is 2.25. The molecule has 2 aromatic rings. The van der Waals surface area contributed by atoms with Crippen molar-refractivity contribution in [2.45, 2.75) is 40.2 Å². The van der Waals surface area contributed by atoms with Crippen LogP contribution in [0.4, 0.5) is 5.69 Å². The van der Waals surface area contributed by atoms with Gasteiger partial charge in [-0.25, -0.2) is 0 Å². The number of hydrogen-bond donors (Lipinski definition) is 1. The average molecular weight is 283 g/mol. The zero-order valence-electron chi connectivity index (χ0n) is 13.4. The highest BCUT2D eigenvalue weighted by Gasteiger charge is 2.14. The van der Waals surface area contributed by atoms with Gasteiger partial charge in [0.2, 0.25) is 0 Å². The molecule has 2 aromatic carbocycles. The van der Waals surface area contributed by atoms with Gasteiger partial charge < -0.3 is 10.1 Å². The van der Waals surface area contributed by atoms with Crippen LogP contribution in [0.3, 0.4) is 0 Å². The first-order valence-electron chi connectivity index (χ1n) is 7.52. The zero-order chi connectivity index (χ0) is 15.3. The molecule has 0 saturated carbocycles. The molecular weight excluding hydrogens is 258 g/mol. The van der Waals surface area contributed by atoms with Gasteiger partial charge in [0.1, 0.15) is 11.5 Å². The molecule has 0 fully saturated rings. The maximum absolute atomic E-state index is 5.79. The molecule has 0 heterocycles. The van der Waals surface area contributed by atoms with Crippen molar-refractivity contribution in [3.8, 4) is 11.5 Å². The Morgan fingerprint density at radius 1 is 0.905 bits per heavy atom. The van der Waals surface area contributed by atoms with Crippen molar-refractivity contribution in [1.29, 1.82) is 0 Å². The van der Waals surface area contributed by atoms with E-state index >= 15 is 0 Å². The summed E-state index contributed by atoms with van der Waals surface area (Å²) in [5.74, 6) is 1.72. The Kier molecular flexibility index (Phi) is 4.89. The maximum atomic E-state index is 5.79. The minimum Gasteiger partial charge on any atom is -0.457 e. The molecule has 0 aliphatic heterocycles. The first kappa shape index (κ1) is 15.4. The Morgan fingerprint density at radius 2 is 1.48 bits per heavy atom. The summed E-state index contributed by atoms with van der Waals surface area (Å²) in [5.41, 5.74) is 1.47. The Hall–Kier alpha value is -1.96. The molecule has 112 valence electrons. The lowest BCUT2D eigenvalue weighted by molar-refractivity contribution is 0.358. The van der Waals surface area contributed by atoms with Crippen LogP contribution in [0.25, 0.3) is 0 Å². The monoisotopic (exact) mass is 283 g/mol. The summed E-state index contributed by atoms with van der Waals surface area (Å²) in [4.78, 5) is 0. The highest BCUT2D eigenvalue weighted by molar-refractivity contribution is 5.47. The maximum Gasteiger partial charge on any atom is 0.127 e. The minimum absolute atomic E-state index is 0.336. The van der Waals surface area contributed by atoms with Crippen LogP contribution in [0, 0.1) is 5.41 Å². The van der Waals surface area contributed by atoms with Crippen molar-refractivity contribution in [3.63, 3.8) is 0 Å². The average Bonchev–Trinajstić information content (AvgIpc) is 2.40. The van der Waals surface area contributed by atoms with E-state index < -0.39 is 0 Å². The van der Waals surface area contributed by atoms with Crippen LogP contribution in [-0.4, -0.2) is 6.04 Å². The number of rotatable bonds is 5. The third-order valence-electron chi connectivity index (χ3n) is 3.16. The number of para-hydroxylation sites is 1. The molecule has 0 aromatic heterocycles. The molecule has 0 aliphatic rings. The summed E-state index contributed by atoms with van der Waals surface area (Å²) < 4.78 is 5.79. The van der Waals surface area contributed by atoms with E-state index in [9.17, 15) is 0 Å². The fourth-order valence-corrected chi connectivity index (χ4v) is 2.50. The van der Waals surface area contributed by atoms with Crippen LogP contribution in [0.15, 0.2) is 54.6 Å². The summed E-state index contributed by atoms with van der Waals surface area (Å²) in [6, 6.07) is 18.4. The summed E-state index contributed by atoms with van der Waals surface area (Å²) >= 11 is 0. The lowest BCUT2D eigenvalue weighted by atomic mass is 9.88. The van der Waals surface area contributed by atoms with E-state index in [-0.39, 0.29) is 0 Å². The Bertz CT molecular complexity index is 540. The molecule has 1 unspecified atom stereocenters. The quantitative estimate of drug-likeness (QED) is 0.758. The summed E-state index contributed by atoms with van der Waals surface area (Å²) in [7, 11) is 0. The van der Waals surface area contributed by atoms with Crippen molar-refractivity contribution in [2.75, 3.05) is 5.32 Å². The second-order valence-electron chi connectivity index (χ2n) is 6.75. The van der Waals surface area contributed by atoms with Gasteiger partial charge in [0.05, 0.1) is 0 Å². The fraction of sp³-hybridized carbons (Fsp3) is 0.368. The number of hydrogen-bond acceptors (Lipinski definition) is 2. The predicted octanol–water partition coefficient (Wildman–Crippen LogP) is 5.72. The number of ether oxygens (including phenoxy) is 1. The van der Waals surface area contributed by atoms with E-state index in [0.717, 1.165) is 23.6 Å². The third-order valence-corrected chi connectivity index (χ3v) is 3.16. The van der Waals surface area contributed by atoms with Crippen LogP contribution in [0.1, 0.15) is 34.1 Å². The first-order chi connectivity index (χ1) is 9.92. The van der Waals surface area contributed by atoms with Gasteiger partial charge >= 0.3 is 0 Å². The van der Waals surface area contributed by atoms with Gasteiger partial charge in [0.15, 0.2) is 0 Å². The molecule has 0 saturated heterocycles. The van der Waals surface area contributed by atoms with Crippen LogP contribution < -0.4 is 10.1 Å². The van der Waals surface area contributed by atoms with Gasteiger partial charge in [-0.05, 0) is 55.2 Å². The van der Waals surface area contributed by atoms with Crippen LogP contribution in [0.5, 0.6) is 11.5 Å². The van der Waals surface area contributed by atoms with Crippen LogP contribution in [-0.2, 0) is 0 Å². The van der Waals surface area contributed by atoms with Crippen molar-refractivity contribution >= 4 is 5.69 Å². The van der Waals surface area contributed by atoms with Crippen LogP contribution in [0.2, 0.25) is 0 Å². The van der Waals surface area contributed by atoms with Gasteiger partial charge in [0.25, 0.3) is 0 Å². The molecule has 2 rings (SSSR count). The molecule has 2 heteroatoms. The molecule has 0 aliphatic carbocycles. The smallest absolute Gasteiger partial charge is 0.127 e. The van der Waals surface area contributed by atoms with Gasteiger partial charge in [-0.15, -0.1) is 0 Å². The third kappa shape index (κ3) is 5.50. The molecular formula is C19H25NO. The van der Waals surface area contributed by atoms with Gasteiger partial charge in [-0.2, -0.15) is 0 Å². The van der Waals surface area contributed by atoms with E-state index in [1.165, 1.54) is 0 Å². The second kappa shape index (κ2) is 6.66. The van der Waals surface area contributed by atoms with Crippen molar-refractivity contribution in [3.05, 3.63) is 54.6 Å². The molecule has 1 atom stereocenters. The summed E-state index contributed by atoms with van der Waals surface area (Å²) in [5, 5.41) is 3.53. The van der Waals surface area contributed by atoms with E-state index in [2.05, 4.69) is 45.1 Å². The van der Waals surface area contributed by atoms with Gasteiger partial charge in [0, 0.05) is 11.7 Å². The molecule has 2 nitrogen and oxygen atoms in total. The SMILES string of the molecule is CC(CC(C)(C)C)Nc1ccc(Oc2ccccc2)cc1. The highest BCUT2D eigenvalue weighted by atomic mass is 16.5. The van der Waals surface area contributed by atoms with E-state index in [4.69, 9.17) is 4.74 Å². The van der Waals surface area contributed by atoms with Crippen molar-refractivity contribution in [1.82, 2.24) is 0 Å². The Balaban J connectivity index is 1.93. The second-order valence-corrected chi connectivity index (χ2v) is 6.75. The largest absolute Gasteiger partial charge is 0.457 e. The molecule has 1 N–H and O–H groups in total. The lowest BCUT2D eigenvalue weighted by Gasteiger charge is -2.24. The summed E-state index contributed by atoms with van der Waals surface area (Å²) in [6.45, 7) is 9.02. The topological polar surface area (TPSA) is 21.3 Å². The fourth-order valence-electron chi connectivity index (χ4n) is 2.50. The number of anilines is 1.